The van der Waals surface area contributed by atoms with Crippen LogP contribution in [0.3, 0.4) is 0 Å². The van der Waals surface area contributed by atoms with Crippen LogP contribution in [0.15, 0.2) is 30.5 Å². The first-order valence-electron chi connectivity index (χ1n) is 4.76. The van der Waals surface area contributed by atoms with E-state index >= 15 is 0 Å². The predicted octanol–water partition coefficient (Wildman–Crippen LogP) is 1.38. The molecule has 0 aliphatic rings. The number of aliphatic hydroxyl groups is 1. The van der Waals surface area contributed by atoms with Crippen molar-refractivity contribution in [2.24, 2.45) is 5.73 Å². The van der Waals surface area contributed by atoms with Gasteiger partial charge in [0.1, 0.15) is 6.23 Å². The van der Waals surface area contributed by atoms with Crippen molar-refractivity contribution >= 4 is 10.9 Å². The molecule has 14 heavy (non-hydrogen) atoms. The number of H-pyrrole nitrogens is 1. The first-order valence-corrected chi connectivity index (χ1v) is 4.76. The van der Waals surface area contributed by atoms with Gasteiger partial charge >= 0.3 is 0 Å². The highest BCUT2D eigenvalue weighted by molar-refractivity contribution is 5.82. The molecule has 1 aromatic carbocycles. The first-order chi connectivity index (χ1) is 6.77. The number of hydrogen-bond acceptors (Lipinski definition) is 2. The molecule has 0 saturated heterocycles. The molecule has 74 valence electrons. The van der Waals surface area contributed by atoms with Gasteiger partial charge in [-0.25, -0.2) is 0 Å². The Labute approximate surface area is 82.6 Å². The standard InChI is InChI=1S/C11H14N2O/c12-11(14)6-5-8-7-13-10-4-2-1-3-9(8)10/h1-4,7,11,13-14H,5-6,12H2. The van der Waals surface area contributed by atoms with E-state index in [2.05, 4.69) is 11.1 Å². The molecule has 2 rings (SSSR count). The lowest BCUT2D eigenvalue weighted by atomic mass is 10.1. The SMILES string of the molecule is NC(O)CCc1c[nH]c2ccccc12. The summed E-state index contributed by atoms with van der Waals surface area (Å²) in [5, 5.41) is 10.2. The van der Waals surface area contributed by atoms with Crippen molar-refractivity contribution in [1.82, 2.24) is 4.98 Å². The van der Waals surface area contributed by atoms with E-state index in [1.165, 1.54) is 10.9 Å². The third-order valence-corrected chi connectivity index (χ3v) is 2.38. The van der Waals surface area contributed by atoms with Crippen LogP contribution < -0.4 is 5.73 Å². The Morgan fingerprint density at radius 1 is 1.36 bits per heavy atom. The summed E-state index contributed by atoms with van der Waals surface area (Å²) in [6.45, 7) is 0. The molecule has 0 aliphatic carbocycles. The molecule has 0 spiro atoms. The number of hydrogen-bond donors (Lipinski definition) is 3. The molecule has 0 saturated carbocycles. The highest BCUT2D eigenvalue weighted by Crippen LogP contribution is 2.18. The van der Waals surface area contributed by atoms with E-state index in [0.717, 1.165) is 11.9 Å². The number of nitrogens with one attached hydrogen (secondary N) is 1. The number of aryl methyl sites for hydroxylation is 1. The van der Waals surface area contributed by atoms with Gasteiger partial charge in [-0.15, -0.1) is 0 Å². The minimum Gasteiger partial charge on any atom is -0.379 e. The summed E-state index contributed by atoms with van der Waals surface area (Å²) < 4.78 is 0. The molecule has 1 unspecified atom stereocenters. The molecule has 0 radical (unpaired) electrons. The fraction of sp³-hybridized carbons (Fsp3) is 0.273. The van der Waals surface area contributed by atoms with Crippen molar-refractivity contribution in [1.29, 1.82) is 0 Å². The van der Waals surface area contributed by atoms with Gasteiger partial charge in [-0.1, -0.05) is 18.2 Å². The minimum absolute atomic E-state index is 0.599. The Hall–Kier alpha value is -1.32. The maximum absolute atomic E-state index is 8.99. The van der Waals surface area contributed by atoms with Crippen LogP contribution in [0, 0.1) is 0 Å². The topological polar surface area (TPSA) is 62.0 Å². The molecule has 0 amide bonds. The maximum atomic E-state index is 8.99. The van der Waals surface area contributed by atoms with Crippen molar-refractivity contribution in [2.45, 2.75) is 19.1 Å². The zero-order valence-corrected chi connectivity index (χ0v) is 7.90. The quantitative estimate of drug-likeness (QED) is 0.640. The normalized spacial score (nSPS) is 13.3. The monoisotopic (exact) mass is 190 g/mol. The number of aromatic amines is 1. The number of nitrogens with two attached hydrogens (primary N) is 1. The molecule has 1 heterocycles. The van der Waals surface area contributed by atoms with Crippen LogP contribution in [0.25, 0.3) is 10.9 Å². The largest absolute Gasteiger partial charge is 0.379 e. The van der Waals surface area contributed by atoms with Gasteiger partial charge in [-0.2, -0.15) is 0 Å². The van der Waals surface area contributed by atoms with Gasteiger partial charge in [0.25, 0.3) is 0 Å². The van der Waals surface area contributed by atoms with E-state index in [4.69, 9.17) is 10.8 Å². The van der Waals surface area contributed by atoms with Gasteiger partial charge in [0, 0.05) is 17.1 Å². The molecule has 4 N–H and O–H groups in total. The van der Waals surface area contributed by atoms with Crippen molar-refractivity contribution in [3.05, 3.63) is 36.0 Å². The van der Waals surface area contributed by atoms with Crippen LogP contribution >= 0.6 is 0 Å². The fourth-order valence-electron chi connectivity index (χ4n) is 1.64. The van der Waals surface area contributed by atoms with Crippen LogP contribution in [0.1, 0.15) is 12.0 Å². The summed E-state index contributed by atoms with van der Waals surface area (Å²) in [4.78, 5) is 3.19. The smallest absolute Gasteiger partial charge is 0.102 e. The number of fused-ring (bicyclic) bond motifs is 1. The van der Waals surface area contributed by atoms with Gasteiger partial charge in [0.15, 0.2) is 0 Å². The van der Waals surface area contributed by atoms with Crippen molar-refractivity contribution < 1.29 is 5.11 Å². The van der Waals surface area contributed by atoms with Crippen molar-refractivity contribution in [3.63, 3.8) is 0 Å². The predicted molar refractivity (Wildman–Crippen MR) is 56.8 cm³/mol. The van der Waals surface area contributed by atoms with E-state index in [-0.39, 0.29) is 0 Å². The Kier molecular flexibility index (Phi) is 2.52. The summed E-state index contributed by atoms with van der Waals surface area (Å²) in [5.41, 5.74) is 7.64. The van der Waals surface area contributed by atoms with Gasteiger partial charge in [-0.05, 0) is 24.5 Å². The van der Waals surface area contributed by atoms with E-state index < -0.39 is 6.23 Å². The molecular formula is C11H14N2O. The van der Waals surface area contributed by atoms with Crippen LogP contribution in [0.4, 0.5) is 0 Å². The Morgan fingerprint density at radius 2 is 2.14 bits per heavy atom. The molecule has 0 bridgehead atoms. The lowest BCUT2D eigenvalue weighted by Gasteiger charge is -2.02. The molecule has 1 aromatic heterocycles. The Balaban J connectivity index is 2.25. The van der Waals surface area contributed by atoms with Crippen LogP contribution in [-0.2, 0) is 6.42 Å². The van der Waals surface area contributed by atoms with Crippen molar-refractivity contribution in [3.8, 4) is 0 Å². The van der Waals surface area contributed by atoms with Crippen LogP contribution in [0.2, 0.25) is 0 Å². The van der Waals surface area contributed by atoms with Gasteiger partial charge in [-0.3, -0.25) is 0 Å². The molecular weight excluding hydrogens is 176 g/mol. The number of aromatic nitrogens is 1. The maximum Gasteiger partial charge on any atom is 0.102 e. The summed E-state index contributed by atoms with van der Waals surface area (Å²) >= 11 is 0. The highest BCUT2D eigenvalue weighted by atomic mass is 16.3. The highest BCUT2D eigenvalue weighted by Gasteiger charge is 2.03. The molecule has 3 heteroatoms. The van der Waals surface area contributed by atoms with E-state index in [1.54, 1.807) is 0 Å². The summed E-state index contributed by atoms with van der Waals surface area (Å²) in [6.07, 6.45) is 2.67. The number of para-hydroxylation sites is 1. The summed E-state index contributed by atoms with van der Waals surface area (Å²) in [6, 6.07) is 8.13. The zero-order chi connectivity index (χ0) is 9.97. The number of benzene rings is 1. The molecule has 0 fully saturated rings. The second-order valence-electron chi connectivity index (χ2n) is 3.47. The molecule has 0 aliphatic heterocycles. The number of aliphatic hydroxyl groups excluding tert-OH is 1. The second kappa shape index (κ2) is 3.82. The van der Waals surface area contributed by atoms with Gasteiger partial charge in [0.05, 0.1) is 0 Å². The lowest BCUT2D eigenvalue weighted by Crippen LogP contribution is -2.18. The van der Waals surface area contributed by atoms with Crippen LogP contribution in [0.5, 0.6) is 0 Å². The Bertz CT molecular complexity index is 420. The lowest BCUT2D eigenvalue weighted by molar-refractivity contribution is 0.172. The van der Waals surface area contributed by atoms with Gasteiger partial charge in [0.2, 0.25) is 0 Å². The summed E-state index contributed by atoms with van der Waals surface area (Å²) in [5.74, 6) is 0. The Morgan fingerprint density at radius 3 is 2.93 bits per heavy atom. The molecule has 1 atom stereocenters. The third kappa shape index (κ3) is 1.78. The van der Waals surface area contributed by atoms with E-state index in [9.17, 15) is 0 Å². The molecule has 3 nitrogen and oxygen atoms in total. The minimum atomic E-state index is -0.719. The molecule has 2 aromatic rings. The average molecular weight is 190 g/mol. The third-order valence-electron chi connectivity index (χ3n) is 2.38. The van der Waals surface area contributed by atoms with Crippen LogP contribution in [-0.4, -0.2) is 16.3 Å². The number of rotatable bonds is 3. The van der Waals surface area contributed by atoms with Gasteiger partial charge < -0.3 is 15.8 Å². The zero-order valence-electron chi connectivity index (χ0n) is 7.90. The average Bonchev–Trinajstić information content (AvgIpc) is 2.58. The van der Waals surface area contributed by atoms with E-state index in [1.807, 2.05) is 24.4 Å². The summed E-state index contributed by atoms with van der Waals surface area (Å²) in [7, 11) is 0. The second-order valence-corrected chi connectivity index (χ2v) is 3.47. The van der Waals surface area contributed by atoms with E-state index in [0.29, 0.717) is 6.42 Å². The van der Waals surface area contributed by atoms with Crippen molar-refractivity contribution in [2.75, 3.05) is 0 Å². The first kappa shape index (κ1) is 9.24. The fourth-order valence-corrected chi connectivity index (χ4v) is 1.64.